The molecule has 4 heteroatoms. The molecular formula is C46H26N4. The van der Waals surface area contributed by atoms with Crippen molar-refractivity contribution in [2.75, 3.05) is 0 Å². The number of nitrogens with zero attached hydrogens (tertiary/aromatic N) is 4. The number of rotatable bonds is 2. The highest BCUT2D eigenvalue weighted by Gasteiger charge is 2.17. The fourth-order valence-electron chi connectivity index (χ4n) is 8.09. The molecule has 0 bridgehead atoms. The van der Waals surface area contributed by atoms with Crippen molar-refractivity contribution < 1.29 is 0 Å². The van der Waals surface area contributed by atoms with Gasteiger partial charge in [0.1, 0.15) is 0 Å². The van der Waals surface area contributed by atoms with Gasteiger partial charge in [-0.1, -0.05) is 103 Å². The first-order valence-electron chi connectivity index (χ1n) is 16.9. The van der Waals surface area contributed by atoms with Gasteiger partial charge in [-0.2, -0.15) is 0 Å². The van der Waals surface area contributed by atoms with Crippen molar-refractivity contribution >= 4 is 86.8 Å². The Morgan fingerprint density at radius 2 is 0.880 bits per heavy atom. The van der Waals surface area contributed by atoms with Gasteiger partial charge in [0.05, 0.1) is 27.6 Å². The fraction of sp³-hybridized carbons (Fsp3) is 0. The van der Waals surface area contributed by atoms with Crippen LogP contribution in [0.1, 0.15) is 0 Å². The Balaban J connectivity index is 1.18. The molecule has 0 N–H and O–H groups in total. The summed E-state index contributed by atoms with van der Waals surface area (Å²) in [6.45, 7) is 0. The third-order valence-corrected chi connectivity index (χ3v) is 10.3. The smallest absolute Gasteiger partial charge is 0.0978 e. The number of fused-ring (bicyclic) bond motifs is 13. The molecule has 4 nitrogen and oxygen atoms in total. The molecule has 0 atom stereocenters. The summed E-state index contributed by atoms with van der Waals surface area (Å²) in [6.07, 6.45) is 5.60. The van der Waals surface area contributed by atoms with E-state index in [4.69, 9.17) is 15.0 Å². The molecule has 50 heavy (non-hydrogen) atoms. The van der Waals surface area contributed by atoms with Crippen molar-refractivity contribution in [1.82, 2.24) is 19.9 Å². The van der Waals surface area contributed by atoms with Crippen molar-refractivity contribution in [2.45, 2.75) is 0 Å². The SMILES string of the molecule is c1cnc2c(c1)ccc1c(-c3ccc4c5ccc(-c6c7ccccc7nc7c6ccc6cccnc67)cc5c5ccccc5c4c3)ccnc12. The highest BCUT2D eigenvalue weighted by Crippen LogP contribution is 2.43. The van der Waals surface area contributed by atoms with Gasteiger partial charge in [-0.3, -0.25) is 15.0 Å². The Labute approximate surface area is 286 Å². The summed E-state index contributed by atoms with van der Waals surface area (Å²) in [5, 5.41) is 12.9. The molecule has 11 rings (SSSR count). The molecule has 4 aromatic heterocycles. The van der Waals surface area contributed by atoms with Crippen molar-refractivity contribution in [3.05, 3.63) is 158 Å². The summed E-state index contributed by atoms with van der Waals surface area (Å²) in [7, 11) is 0. The maximum atomic E-state index is 5.14. The molecule has 0 fully saturated rings. The van der Waals surface area contributed by atoms with E-state index in [1.165, 1.54) is 43.4 Å². The molecule has 4 heterocycles. The number of benzene rings is 7. The van der Waals surface area contributed by atoms with Crippen molar-refractivity contribution in [2.24, 2.45) is 0 Å². The number of hydrogen-bond acceptors (Lipinski definition) is 4. The molecule has 230 valence electrons. The molecule has 7 aromatic carbocycles. The lowest BCUT2D eigenvalue weighted by Crippen LogP contribution is -1.92. The number of hydrogen-bond donors (Lipinski definition) is 0. The van der Waals surface area contributed by atoms with Gasteiger partial charge in [0.15, 0.2) is 0 Å². The van der Waals surface area contributed by atoms with Crippen LogP contribution in [0, 0.1) is 0 Å². The monoisotopic (exact) mass is 634 g/mol. The Kier molecular flexibility index (Phi) is 5.63. The molecule has 0 spiro atoms. The molecule has 0 radical (unpaired) electrons. The summed E-state index contributed by atoms with van der Waals surface area (Å²) < 4.78 is 0. The lowest BCUT2D eigenvalue weighted by Gasteiger charge is -2.16. The summed E-state index contributed by atoms with van der Waals surface area (Å²) in [5.74, 6) is 0. The summed E-state index contributed by atoms with van der Waals surface area (Å²) in [5.41, 5.74) is 9.36. The lowest BCUT2D eigenvalue weighted by atomic mass is 9.88. The van der Waals surface area contributed by atoms with Gasteiger partial charge in [0, 0.05) is 51.1 Å². The molecular weight excluding hydrogens is 609 g/mol. The number of para-hydroxylation sites is 1. The summed E-state index contributed by atoms with van der Waals surface area (Å²) in [6, 6.07) is 50.1. The minimum atomic E-state index is 0.927. The molecule has 11 aromatic rings. The third-order valence-electron chi connectivity index (χ3n) is 10.3. The quantitative estimate of drug-likeness (QED) is 0.140. The standard InChI is InChI=1S/C46H26N4/c1-2-10-33-32(9-1)39-25-29(31-21-24-49-45-36(31)19-13-27-7-5-22-47-43(27)45)15-17-34(39)35-18-16-30(26-40(33)35)42-37-11-3-4-12-41(37)50-46-38(42)20-14-28-8-6-23-48-44(28)46/h1-26H. The van der Waals surface area contributed by atoms with E-state index in [0.29, 0.717) is 0 Å². The molecule has 0 unspecified atom stereocenters. The first-order valence-corrected chi connectivity index (χ1v) is 16.9. The van der Waals surface area contributed by atoms with Gasteiger partial charge in [-0.25, -0.2) is 4.98 Å². The Bertz CT molecular complexity index is 3200. The van der Waals surface area contributed by atoms with Crippen LogP contribution >= 0.6 is 0 Å². The van der Waals surface area contributed by atoms with Gasteiger partial charge in [-0.05, 0) is 85.4 Å². The molecule has 0 aliphatic carbocycles. The normalized spacial score (nSPS) is 12.0. The Morgan fingerprint density at radius 3 is 1.62 bits per heavy atom. The first-order chi connectivity index (χ1) is 24.8. The van der Waals surface area contributed by atoms with Crippen LogP contribution in [0.5, 0.6) is 0 Å². The van der Waals surface area contributed by atoms with E-state index in [1.807, 2.05) is 30.7 Å². The average molecular weight is 635 g/mol. The molecule has 0 saturated carbocycles. The van der Waals surface area contributed by atoms with Gasteiger partial charge in [0.2, 0.25) is 0 Å². The van der Waals surface area contributed by atoms with Crippen molar-refractivity contribution in [1.29, 1.82) is 0 Å². The van der Waals surface area contributed by atoms with Gasteiger partial charge < -0.3 is 0 Å². The Hall–Kier alpha value is -6.78. The van der Waals surface area contributed by atoms with Gasteiger partial charge in [-0.15, -0.1) is 0 Å². The van der Waals surface area contributed by atoms with E-state index in [1.54, 1.807) is 0 Å². The zero-order valence-corrected chi connectivity index (χ0v) is 26.8. The maximum absolute atomic E-state index is 5.14. The van der Waals surface area contributed by atoms with Gasteiger partial charge in [0.25, 0.3) is 0 Å². The fourth-order valence-corrected chi connectivity index (χ4v) is 8.09. The van der Waals surface area contributed by atoms with E-state index in [0.717, 1.165) is 65.6 Å². The molecule has 0 aliphatic heterocycles. The second kappa shape index (κ2) is 10.4. The van der Waals surface area contributed by atoms with Crippen molar-refractivity contribution in [3.8, 4) is 22.3 Å². The number of pyridine rings is 4. The average Bonchev–Trinajstić information content (AvgIpc) is 3.19. The molecule has 0 aliphatic rings. The van der Waals surface area contributed by atoms with Crippen LogP contribution in [0.2, 0.25) is 0 Å². The topological polar surface area (TPSA) is 51.6 Å². The molecule has 0 amide bonds. The van der Waals surface area contributed by atoms with E-state index in [-0.39, 0.29) is 0 Å². The predicted molar refractivity (Wildman–Crippen MR) is 209 cm³/mol. The second-order valence-corrected chi connectivity index (χ2v) is 13.0. The summed E-state index contributed by atoms with van der Waals surface area (Å²) >= 11 is 0. The highest BCUT2D eigenvalue weighted by molar-refractivity contribution is 6.27. The minimum Gasteiger partial charge on any atom is -0.254 e. The maximum Gasteiger partial charge on any atom is 0.0978 e. The Morgan fingerprint density at radius 1 is 0.320 bits per heavy atom. The second-order valence-electron chi connectivity index (χ2n) is 13.0. The van der Waals surface area contributed by atoms with Crippen LogP contribution in [0.25, 0.3) is 109 Å². The zero-order chi connectivity index (χ0) is 32.8. The number of aromatic nitrogens is 4. The van der Waals surface area contributed by atoms with E-state index in [2.05, 4.69) is 132 Å². The largest absolute Gasteiger partial charge is 0.254 e. The van der Waals surface area contributed by atoms with E-state index < -0.39 is 0 Å². The minimum absolute atomic E-state index is 0.927. The van der Waals surface area contributed by atoms with Crippen LogP contribution in [0.15, 0.2) is 158 Å². The van der Waals surface area contributed by atoms with Crippen LogP contribution in [0.3, 0.4) is 0 Å². The lowest BCUT2D eigenvalue weighted by molar-refractivity contribution is 1.37. The van der Waals surface area contributed by atoms with Crippen LogP contribution < -0.4 is 0 Å². The zero-order valence-electron chi connectivity index (χ0n) is 26.8. The first kappa shape index (κ1) is 27.2. The highest BCUT2D eigenvalue weighted by atomic mass is 14.7. The van der Waals surface area contributed by atoms with E-state index >= 15 is 0 Å². The van der Waals surface area contributed by atoms with Gasteiger partial charge >= 0.3 is 0 Å². The van der Waals surface area contributed by atoms with Crippen LogP contribution in [-0.4, -0.2) is 19.9 Å². The third kappa shape index (κ3) is 3.87. The van der Waals surface area contributed by atoms with Crippen LogP contribution in [0.4, 0.5) is 0 Å². The predicted octanol–water partition coefficient (Wildman–Crippen LogP) is 11.8. The summed E-state index contributed by atoms with van der Waals surface area (Å²) in [4.78, 5) is 19.3. The van der Waals surface area contributed by atoms with Crippen LogP contribution in [-0.2, 0) is 0 Å². The van der Waals surface area contributed by atoms with E-state index in [9.17, 15) is 0 Å². The van der Waals surface area contributed by atoms with Crippen molar-refractivity contribution in [3.63, 3.8) is 0 Å². The molecule has 0 saturated heterocycles.